The summed E-state index contributed by atoms with van der Waals surface area (Å²) in [7, 11) is 0. The number of amides is 2. The van der Waals surface area contributed by atoms with Crippen molar-refractivity contribution in [1.82, 2.24) is 10.3 Å². The van der Waals surface area contributed by atoms with Crippen molar-refractivity contribution in [2.24, 2.45) is 5.92 Å². The van der Waals surface area contributed by atoms with E-state index in [-0.39, 0.29) is 11.8 Å². The van der Waals surface area contributed by atoms with Crippen molar-refractivity contribution in [2.75, 3.05) is 29.9 Å². The fraction of sp³-hybridized carbons (Fsp3) is 0.350. The van der Waals surface area contributed by atoms with Crippen LogP contribution in [0.2, 0.25) is 10.0 Å². The standard InChI is InChI=1S/C20H22Cl2N4O2/c21-16-7-6-14(13-17(16)22)26-12-8-15(20(26)28)19(27)25-11-4-3-10-24-18-5-1-2-9-23-18/h1-2,5-7,9,13,15H,3-4,8,10-12H2,(H,23,24)(H,25,27). The first-order valence-electron chi connectivity index (χ1n) is 9.25. The second-order valence-corrected chi connectivity index (χ2v) is 7.38. The second kappa shape index (κ2) is 9.75. The highest BCUT2D eigenvalue weighted by Gasteiger charge is 2.37. The molecule has 2 aromatic rings. The van der Waals surface area contributed by atoms with Crippen LogP contribution in [0.5, 0.6) is 0 Å². The number of carbonyl (C=O) groups is 2. The number of unbranched alkanes of at least 4 members (excludes halogenated alkanes) is 1. The monoisotopic (exact) mass is 420 g/mol. The minimum absolute atomic E-state index is 0.201. The van der Waals surface area contributed by atoms with Gasteiger partial charge in [0.05, 0.1) is 10.0 Å². The van der Waals surface area contributed by atoms with E-state index >= 15 is 0 Å². The van der Waals surface area contributed by atoms with E-state index in [1.54, 1.807) is 29.3 Å². The molecule has 0 spiro atoms. The van der Waals surface area contributed by atoms with Crippen molar-refractivity contribution >= 4 is 46.5 Å². The Morgan fingerprint density at radius 3 is 2.71 bits per heavy atom. The molecule has 148 valence electrons. The van der Waals surface area contributed by atoms with Gasteiger partial charge in [0.1, 0.15) is 11.7 Å². The minimum Gasteiger partial charge on any atom is -0.370 e. The van der Waals surface area contributed by atoms with Gasteiger partial charge in [0.2, 0.25) is 11.8 Å². The lowest BCUT2D eigenvalue weighted by Gasteiger charge is -2.17. The number of rotatable bonds is 8. The lowest BCUT2D eigenvalue weighted by Crippen LogP contribution is -2.37. The molecule has 0 bridgehead atoms. The van der Waals surface area contributed by atoms with Gasteiger partial charge in [-0.25, -0.2) is 4.98 Å². The molecule has 1 aliphatic rings. The van der Waals surface area contributed by atoms with Crippen LogP contribution in [0.15, 0.2) is 42.6 Å². The van der Waals surface area contributed by atoms with Gasteiger partial charge in [-0.05, 0) is 49.6 Å². The predicted octanol–water partition coefficient (Wildman–Crippen LogP) is 3.75. The van der Waals surface area contributed by atoms with Crippen LogP contribution in [0, 0.1) is 5.92 Å². The Morgan fingerprint density at radius 1 is 1.14 bits per heavy atom. The van der Waals surface area contributed by atoms with Gasteiger partial charge in [0.25, 0.3) is 0 Å². The number of halogens is 2. The first-order chi connectivity index (χ1) is 13.6. The number of carbonyl (C=O) groups excluding carboxylic acids is 2. The number of benzene rings is 1. The van der Waals surface area contributed by atoms with E-state index in [1.165, 1.54) is 0 Å². The maximum Gasteiger partial charge on any atom is 0.239 e. The first-order valence-corrected chi connectivity index (χ1v) is 10.0. The Hall–Kier alpha value is -2.31. The molecule has 6 nitrogen and oxygen atoms in total. The number of nitrogens with one attached hydrogen (secondary N) is 2. The average molecular weight is 421 g/mol. The molecule has 28 heavy (non-hydrogen) atoms. The number of nitrogens with zero attached hydrogens (tertiary/aromatic N) is 2. The Morgan fingerprint density at radius 2 is 1.96 bits per heavy atom. The van der Waals surface area contributed by atoms with Gasteiger partial charge < -0.3 is 15.5 Å². The molecule has 1 unspecified atom stereocenters. The first kappa shape index (κ1) is 20.4. The van der Waals surface area contributed by atoms with Crippen LogP contribution in [0.3, 0.4) is 0 Å². The van der Waals surface area contributed by atoms with Crippen LogP contribution >= 0.6 is 23.2 Å². The van der Waals surface area contributed by atoms with Gasteiger partial charge in [-0.3, -0.25) is 9.59 Å². The summed E-state index contributed by atoms with van der Waals surface area (Å²) in [5.74, 6) is -0.232. The fourth-order valence-electron chi connectivity index (χ4n) is 3.10. The van der Waals surface area contributed by atoms with Crippen molar-refractivity contribution in [3.05, 3.63) is 52.6 Å². The van der Waals surface area contributed by atoms with Crippen LogP contribution in [0.25, 0.3) is 0 Å². The summed E-state index contributed by atoms with van der Waals surface area (Å²) in [5.41, 5.74) is 0.662. The van der Waals surface area contributed by atoms with Crippen molar-refractivity contribution in [1.29, 1.82) is 0 Å². The number of anilines is 2. The molecule has 0 aliphatic carbocycles. The van der Waals surface area contributed by atoms with E-state index in [0.29, 0.717) is 35.2 Å². The summed E-state index contributed by atoms with van der Waals surface area (Å²) in [6.45, 7) is 1.81. The van der Waals surface area contributed by atoms with Crippen LogP contribution in [-0.4, -0.2) is 36.4 Å². The second-order valence-electron chi connectivity index (χ2n) is 6.57. The molecule has 1 fully saturated rings. The average Bonchev–Trinajstić information content (AvgIpc) is 3.09. The third kappa shape index (κ3) is 5.14. The zero-order valence-electron chi connectivity index (χ0n) is 15.3. The molecule has 0 radical (unpaired) electrons. The smallest absolute Gasteiger partial charge is 0.239 e. The summed E-state index contributed by atoms with van der Waals surface area (Å²) in [4.78, 5) is 30.8. The molecule has 1 aromatic heterocycles. The molecule has 3 rings (SSSR count). The van der Waals surface area contributed by atoms with Gasteiger partial charge in [0.15, 0.2) is 0 Å². The lowest BCUT2D eigenvalue weighted by atomic mass is 10.1. The Kier molecular flexibility index (Phi) is 7.12. The number of hydrogen-bond donors (Lipinski definition) is 2. The van der Waals surface area contributed by atoms with E-state index < -0.39 is 5.92 Å². The zero-order chi connectivity index (χ0) is 19.9. The number of pyridine rings is 1. The quantitative estimate of drug-likeness (QED) is 0.503. The molecule has 0 saturated carbocycles. The van der Waals surface area contributed by atoms with Crippen LogP contribution < -0.4 is 15.5 Å². The van der Waals surface area contributed by atoms with Crippen molar-refractivity contribution in [3.63, 3.8) is 0 Å². The van der Waals surface area contributed by atoms with E-state index in [2.05, 4.69) is 15.6 Å². The fourth-order valence-corrected chi connectivity index (χ4v) is 3.39. The summed E-state index contributed by atoms with van der Waals surface area (Å²) in [6, 6.07) is 10.7. The van der Waals surface area contributed by atoms with Gasteiger partial charge >= 0.3 is 0 Å². The highest BCUT2D eigenvalue weighted by molar-refractivity contribution is 6.42. The SMILES string of the molecule is O=C(NCCCCNc1ccccn1)C1CCN(c2ccc(Cl)c(Cl)c2)C1=O. The Bertz CT molecular complexity index is 832. The van der Waals surface area contributed by atoms with Crippen LogP contribution in [0.1, 0.15) is 19.3 Å². The lowest BCUT2D eigenvalue weighted by molar-refractivity contribution is -0.132. The topological polar surface area (TPSA) is 74.3 Å². The molecule has 1 saturated heterocycles. The molecule has 1 aromatic carbocycles. The minimum atomic E-state index is -0.652. The maximum absolute atomic E-state index is 12.6. The molecule has 8 heteroatoms. The summed E-state index contributed by atoms with van der Waals surface area (Å²) in [5, 5.41) is 6.91. The maximum atomic E-state index is 12.6. The van der Waals surface area contributed by atoms with Gasteiger partial charge in [-0.1, -0.05) is 29.3 Å². The molecule has 2 heterocycles. The molecular weight excluding hydrogens is 399 g/mol. The third-order valence-corrected chi connectivity index (χ3v) is 5.35. The van der Waals surface area contributed by atoms with E-state index in [9.17, 15) is 9.59 Å². The Labute approximate surface area is 174 Å². The largest absolute Gasteiger partial charge is 0.370 e. The number of aromatic nitrogens is 1. The normalized spacial score (nSPS) is 16.3. The third-order valence-electron chi connectivity index (χ3n) is 4.61. The molecular formula is C20H22Cl2N4O2. The molecule has 1 atom stereocenters. The highest BCUT2D eigenvalue weighted by Crippen LogP contribution is 2.31. The van der Waals surface area contributed by atoms with Crippen LogP contribution in [0.4, 0.5) is 11.5 Å². The molecule has 2 N–H and O–H groups in total. The van der Waals surface area contributed by atoms with Gasteiger partial charge in [0, 0.05) is 31.5 Å². The molecule has 1 aliphatic heterocycles. The van der Waals surface area contributed by atoms with Crippen molar-refractivity contribution < 1.29 is 9.59 Å². The summed E-state index contributed by atoms with van der Waals surface area (Å²) < 4.78 is 0. The highest BCUT2D eigenvalue weighted by atomic mass is 35.5. The van der Waals surface area contributed by atoms with Gasteiger partial charge in [-0.2, -0.15) is 0 Å². The van der Waals surface area contributed by atoms with E-state index in [1.807, 2.05) is 18.2 Å². The summed E-state index contributed by atoms with van der Waals surface area (Å²) in [6.07, 6.45) is 3.95. The van der Waals surface area contributed by atoms with Crippen molar-refractivity contribution in [2.45, 2.75) is 19.3 Å². The van der Waals surface area contributed by atoms with Gasteiger partial charge in [-0.15, -0.1) is 0 Å². The predicted molar refractivity (Wildman–Crippen MR) is 112 cm³/mol. The summed E-state index contributed by atoms with van der Waals surface area (Å²) >= 11 is 12.0. The van der Waals surface area contributed by atoms with Crippen LogP contribution in [-0.2, 0) is 9.59 Å². The van der Waals surface area contributed by atoms with E-state index in [4.69, 9.17) is 23.2 Å². The van der Waals surface area contributed by atoms with Crippen molar-refractivity contribution in [3.8, 4) is 0 Å². The van der Waals surface area contributed by atoms with E-state index in [0.717, 1.165) is 25.2 Å². The number of hydrogen-bond acceptors (Lipinski definition) is 4. The molecule has 2 amide bonds. The Balaban J connectivity index is 1.40. The zero-order valence-corrected chi connectivity index (χ0v) is 16.8.